The minimum atomic E-state index is -0.305. The molecule has 1 atom stereocenters. The largest absolute Gasteiger partial charge is 0.327 e. The number of fused-ring (bicyclic) bond motifs is 2. The summed E-state index contributed by atoms with van der Waals surface area (Å²) in [7, 11) is 1.76. The number of rotatable bonds is 1. The summed E-state index contributed by atoms with van der Waals surface area (Å²) in [6, 6.07) is 15.4. The van der Waals surface area contributed by atoms with Crippen molar-refractivity contribution in [2.24, 2.45) is 0 Å². The van der Waals surface area contributed by atoms with Gasteiger partial charge in [-0.15, -0.1) is 0 Å². The number of hydrogen-bond donors (Lipinski definition) is 0. The van der Waals surface area contributed by atoms with Crippen LogP contribution in [-0.4, -0.2) is 36.3 Å². The zero-order chi connectivity index (χ0) is 16.0. The van der Waals surface area contributed by atoms with E-state index in [1.807, 2.05) is 48.5 Å². The third-order valence-corrected chi connectivity index (χ3v) is 4.82. The first-order valence-electron chi connectivity index (χ1n) is 7.95. The maximum Gasteiger partial charge on any atom is 0.256 e. The number of amides is 2. The Morgan fingerprint density at radius 3 is 2.57 bits per heavy atom. The van der Waals surface area contributed by atoms with Gasteiger partial charge < -0.3 is 9.80 Å². The van der Waals surface area contributed by atoms with E-state index in [0.29, 0.717) is 17.8 Å². The normalized spacial score (nSPS) is 20.3. The summed E-state index contributed by atoms with van der Waals surface area (Å²) in [5, 5.41) is 0. The van der Waals surface area contributed by atoms with Crippen LogP contribution in [0.3, 0.4) is 0 Å². The van der Waals surface area contributed by atoms with Crippen LogP contribution in [0.4, 0.5) is 5.69 Å². The van der Waals surface area contributed by atoms with Crippen LogP contribution in [0.15, 0.2) is 48.5 Å². The maximum atomic E-state index is 12.9. The minimum Gasteiger partial charge on any atom is -0.327 e. The average Bonchev–Trinajstić information content (AvgIpc) is 3.07. The summed E-state index contributed by atoms with van der Waals surface area (Å²) >= 11 is 0. The molecule has 0 aliphatic carbocycles. The zero-order valence-electron chi connectivity index (χ0n) is 13.0. The highest BCUT2D eigenvalue weighted by Crippen LogP contribution is 2.34. The van der Waals surface area contributed by atoms with Crippen LogP contribution in [0, 0.1) is 0 Å². The van der Waals surface area contributed by atoms with Crippen molar-refractivity contribution in [2.45, 2.75) is 18.9 Å². The summed E-state index contributed by atoms with van der Waals surface area (Å²) in [6.45, 7) is 0.665. The van der Waals surface area contributed by atoms with Crippen LogP contribution in [0.1, 0.15) is 23.2 Å². The quantitative estimate of drug-likeness (QED) is 0.813. The predicted molar refractivity (Wildman–Crippen MR) is 89.3 cm³/mol. The van der Waals surface area contributed by atoms with Crippen molar-refractivity contribution < 1.29 is 9.59 Å². The SMILES string of the molecule is CN1C(=O)[C@@H]2CCCN2C(=O)c2cc(-c3ccccc3)ccc21. The van der Waals surface area contributed by atoms with Gasteiger partial charge in [0.15, 0.2) is 0 Å². The molecule has 23 heavy (non-hydrogen) atoms. The van der Waals surface area contributed by atoms with Crippen LogP contribution in [0.25, 0.3) is 11.1 Å². The van der Waals surface area contributed by atoms with Gasteiger partial charge in [0.2, 0.25) is 5.91 Å². The topological polar surface area (TPSA) is 40.6 Å². The van der Waals surface area contributed by atoms with Crippen molar-refractivity contribution in [3.8, 4) is 11.1 Å². The van der Waals surface area contributed by atoms with Crippen molar-refractivity contribution in [1.82, 2.24) is 4.90 Å². The lowest BCUT2D eigenvalue weighted by molar-refractivity contribution is -0.121. The van der Waals surface area contributed by atoms with Crippen molar-refractivity contribution in [2.75, 3.05) is 18.5 Å². The second-order valence-electron chi connectivity index (χ2n) is 6.15. The van der Waals surface area contributed by atoms with Crippen molar-refractivity contribution in [1.29, 1.82) is 0 Å². The maximum absolute atomic E-state index is 12.9. The number of carbonyl (C=O) groups is 2. The lowest BCUT2D eigenvalue weighted by atomic mass is 10.0. The molecule has 1 saturated heterocycles. The summed E-state index contributed by atoms with van der Waals surface area (Å²) < 4.78 is 0. The Morgan fingerprint density at radius 1 is 1.00 bits per heavy atom. The Kier molecular flexibility index (Phi) is 3.18. The molecular weight excluding hydrogens is 288 g/mol. The van der Waals surface area contributed by atoms with Crippen LogP contribution < -0.4 is 4.90 Å². The molecule has 116 valence electrons. The van der Waals surface area contributed by atoms with Crippen LogP contribution in [0.2, 0.25) is 0 Å². The van der Waals surface area contributed by atoms with Crippen molar-refractivity contribution in [3.63, 3.8) is 0 Å². The van der Waals surface area contributed by atoms with E-state index in [2.05, 4.69) is 0 Å². The standard InChI is InChI=1S/C19H18N2O2/c1-20-16-10-9-14(13-6-3-2-4-7-13)12-15(16)18(22)21-11-5-8-17(21)19(20)23/h2-4,6-7,9-10,12,17H,5,8,11H2,1H3/t17-/m0/s1. The third kappa shape index (κ3) is 2.13. The van der Waals surface area contributed by atoms with E-state index < -0.39 is 0 Å². The zero-order valence-corrected chi connectivity index (χ0v) is 13.0. The Morgan fingerprint density at radius 2 is 1.78 bits per heavy atom. The molecule has 2 aromatic carbocycles. The predicted octanol–water partition coefficient (Wildman–Crippen LogP) is 2.93. The Hall–Kier alpha value is -2.62. The lowest BCUT2D eigenvalue weighted by Crippen LogP contribution is -2.43. The summed E-state index contributed by atoms with van der Waals surface area (Å²) in [4.78, 5) is 28.9. The summed E-state index contributed by atoms with van der Waals surface area (Å²) in [5.41, 5.74) is 3.39. The van der Waals surface area contributed by atoms with Crippen LogP contribution >= 0.6 is 0 Å². The molecule has 0 aromatic heterocycles. The first-order chi connectivity index (χ1) is 11.2. The van der Waals surface area contributed by atoms with E-state index in [4.69, 9.17) is 0 Å². The fourth-order valence-corrected chi connectivity index (χ4v) is 3.57. The van der Waals surface area contributed by atoms with Crippen molar-refractivity contribution in [3.05, 3.63) is 54.1 Å². The van der Waals surface area contributed by atoms with Gasteiger partial charge in [-0.05, 0) is 36.1 Å². The molecule has 0 spiro atoms. The molecule has 4 heteroatoms. The number of carbonyl (C=O) groups excluding carboxylic acids is 2. The summed E-state index contributed by atoms with van der Waals surface area (Å²) in [6.07, 6.45) is 1.65. The highest BCUT2D eigenvalue weighted by molar-refractivity contribution is 6.11. The van der Waals surface area contributed by atoms with Gasteiger partial charge >= 0.3 is 0 Å². The van der Waals surface area contributed by atoms with Gasteiger partial charge in [0.1, 0.15) is 6.04 Å². The molecule has 0 saturated carbocycles. The van der Waals surface area contributed by atoms with Gasteiger partial charge in [0, 0.05) is 13.6 Å². The Balaban J connectivity index is 1.86. The molecule has 4 rings (SSSR count). The summed E-state index contributed by atoms with van der Waals surface area (Å²) in [5.74, 6) is -0.0138. The first kappa shape index (κ1) is 14.0. The number of hydrogen-bond acceptors (Lipinski definition) is 2. The second-order valence-corrected chi connectivity index (χ2v) is 6.15. The highest BCUT2D eigenvalue weighted by Gasteiger charge is 2.40. The smallest absolute Gasteiger partial charge is 0.256 e. The lowest BCUT2D eigenvalue weighted by Gasteiger charge is -2.22. The number of nitrogens with zero attached hydrogens (tertiary/aromatic N) is 2. The molecule has 1 fully saturated rings. The fourth-order valence-electron chi connectivity index (χ4n) is 3.57. The molecule has 0 unspecified atom stereocenters. The van der Waals surface area contributed by atoms with E-state index in [1.54, 1.807) is 16.8 Å². The molecule has 2 heterocycles. The van der Waals surface area contributed by atoms with E-state index in [-0.39, 0.29) is 17.9 Å². The van der Waals surface area contributed by atoms with Gasteiger partial charge in [0.05, 0.1) is 11.3 Å². The van der Waals surface area contributed by atoms with E-state index in [0.717, 1.165) is 24.0 Å². The average molecular weight is 306 g/mol. The van der Waals surface area contributed by atoms with Gasteiger partial charge in [-0.1, -0.05) is 36.4 Å². The fraction of sp³-hybridized carbons (Fsp3) is 0.263. The number of likely N-dealkylation sites (N-methyl/N-ethyl adjacent to an activating group) is 1. The molecule has 0 radical (unpaired) electrons. The molecule has 2 amide bonds. The molecule has 0 bridgehead atoms. The molecule has 0 N–H and O–H groups in total. The Bertz CT molecular complexity index is 785. The first-order valence-corrected chi connectivity index (χ1v) is 7.95. The monoisotopic (exact) mass is 306 g/mol. The van der Waals surface area contributed by atoms with E-state index in [1.165, 1.54) is 0 Å². The molecule has 2 aliphatic heterocycles. The van der Waals surface area contributed by atoms with Crippen molar-refractivity contribution >= 4 is 17.5 Å². The second kappa shape index (κ2) is 5.23. The molecule has 2 aliphatic rings. The molecule has 2 aromatic rings. The number of anilines is 1. The van der Waals surface area contributed by atoms with Crippen LogP contribution in [-0.2, 0) is 4.79 Å². The Labute approximate surface area is 135 Å². The van der Waals surface area contributed by atoms with Gasteiger partial charge in [-0.2, -0.15) is 0 Å². The number of benzene rings is 2. The highest BCUT2D eigenvalue weighted by atomic mass is 16.2. The third-order valence-electron chi connectivity index (χ3n) is 4.82. The molecular formula is C19H18N2O2. The van der Waals surface area contributed by atoms with E-state index in [9.17, 15) is 9.59 Å². The molecule has 4 nitrogen and oxygen atoms in total. The van der Waals surface area contributed by atoms with Gasteiger partial charge in [0.25, 0.3) is 5.91 Å². The van der Waals surface area contributed by atoms with E-state index >= 15 is 0 Å². The van der Waals surface area contributed by atoms with Gasteiger partial charge in [-0.3, -0.25) is 9.59 Å². The minimum absolute atomic E-state index is 0.0158. The van der Waals surface area contributed by atoms with Gasteiger partial charge in [-0.25, -0.2) is 0 Å². The van der Waals surface area contributed by atoms with Crippen LogP contribution in [0.5, 0.6) is 0 Å².